The Morgan fingerprint density at radius 3 is 2.96 bits per heavy atom. The largest absolute Gasteiger partial charge is 0.467 e. The van der Waals surface area contributed by atoms with E-state index >= 15 is 0 Å². The molecule has 4 heterocycles. The lowest BCUT2D eigenvalue weighted by Crippen LogP contribution is -2.27. The van der Waals surface area contributed by atoms with E-state index in [0.717, 1.165) is 21.8 Å². The van der Waals surface area contributed by atoms with Gasteiger partial charge in [-0.05, 0) is 26.0 Å². The molecule has 0 saturated heterocycles. The highest BCUT2D eigenvalue weighted by atomic mass is 32.1. The van der Waals surface area contributed by atoms with Gasteiger partial charge < -0.3 is 15.1 Å². The molecule has 0 fully saturated rings. The van der Waals surface area contributed by atoms with E-state index in [-0.39, 0.29) is 5.91 Å². The summed E-state index contributed by atoms with van der Waals surface area (Å²) in [6.07, 6.45) is 4.85. The first-order valence-corrected chi connectivity index (χ1v) is 9.58. The van der Waals surface area contributed by atoms with Gasteiger partial charge in [0.2, 0.25) is 0 Å². The second-order valence-corrected chi connectivity index (χ2v) is 7.37. The molecule has 0 aromatic carbocycles. The summed E-state index contributed by atoms with van der Waals surface area (Å²) in [4.78, 5) is 25.9. The van der Waals surface area contributed by atoms with Crippen LogP contribution in [0.2, 0.25) is 0 Å². The molecule has 0 saturated carbocycles. The zero-order chi connectivity index (χ0) is 19.5. The molecule has 10 heteroatoms. The quantitative estimate of drug-likeness (QED) is 0.493. The Kier molecular flexibility index (Phi) is 5.02. The molecule has 28 heavy (non-hydrogen) atoms. The number of nitrogens with one attached hydrogen (secondary N) is 2. The average Bonchev–Trinajstić information content (AvgIpc) is 3.40. The maximum Gasteiger partial charge on any atom is 0.263 e. The van der Waals surface area contributed by atoms with E-state index in [2.05, 4.69) is 30.7 Å². The van der Waals surface area contributed by atoms with Crippen molar-refractivity contribution in [2.75, 3.05) is 11.9 Å². The minimum atomic E-state index is -0.116. The van der Waals surface area contributed by atoms with Gasteiger partial charge in [0.25, 0.3) is 5.91 Å². The van der Waals surface area contributed by atoms with Crippen LogP contribution in [0.3, 0.4) is 0 Å². The van der Waals surface area contributed by atoms with E-state index in [1.807, 2.05) is 26.0 Å². The van der Waals surface area contributed by atoms with E-state index in [4.69, 9.17) is 4.42 Å². The van der Waals surface area contributed by atoms with E-state index < -0.39 is 0 Å². The van der Waals surface area contributed by atoms with Crippen molar-refractivity contribution >= 4 is 34.1 Å². The number of carbonyl (C=O) groups is 1. The van der Waals surface area contributed by atoms with E-state index in [1.165, 1.54) is 17.7 Å². The topological polar surface area (TPSA) is 111 Å². The van der Waals surface area contributed by atoms with Crippen LogP contribution >= 0.6 is 11.3 Å². The third-order valence-corrected chi connectivity index (χ3v) is 5.23. The summed E-state index contributed by atoms with van der Waals surface area (Å²) in [7, 11) is 0. The van der Waals surface area contributed by atoms with Crippen LogP contribution in [0.15, 0.2) is 35.3 Å². The Bertz CT molecular complexity index is 1100. The molecule has 0 aliphatic rings. The van der Waals surface area contributed by atoms with Crippen LogP contribution in [0.25, 0.3) is 11.0 Å². The van der Waals surface area contributed by atoms with Crippen molar-refractivity contribution < 1.29 is 9.21 Å². The van der Waals surface area contributed by atoms with Crippen LogP contribution in [0.5, 0.6) is 0 Å². The molecule has 9 nitrogen and oxygen atoms in total. The molecule has 0 spiro atoms. The summed E-state index contributed by atoms with van der Waals surface area (Å²) in [5.41, 5.74) is 1.46. The maximum absolute atomic E-state index is 12.3. The van der Waals surface area contributed by atoms with Gasteiger partial charge in [-0.25, -0.2) is 19.6 Å². The number of anilines is 1. The van der Waals surface area contributed by atoms with Gasteiger partial charge in [-0.2, -0.15) is 5.10 Å². The standard InChI is InChI=1S/C18H19N7O2S/c1-11-15(28-12(2)24-11)18(26)19-5-6-25-17-14(9-23-25)16(21-10-22-17)20-8-13-4-3-7-27-13/h3-4,7,9-10H,5-6,8H2,1-2H3,(H,19,26)(H,20,21,22). The average molecular weight is 397 g/mol. The number of aryl methyl sites for hydroxylation is 2. The number of nitrogens with zero attached hydrogens (tertiary/aromatic N) is 5. The van der Waals surface area contributed by atoms with Gasteiger partial charge in [0.1, 0.15) is 22.8 Å². The number of hydrogen-bond donors (Lipinski definition) is 2. The third kappa shape index (κ3) is 3.72. The highest BCUT2D eigenvalue weighted by Crippen LogP contribution is 2.19. The van der Waals surface area contributed by atoms with Gasteiger partial charge in [-0.1, -0.05) is 0 Å². The highest BCUT2D eigenvalue weighted by molar-refractivity contribution is 7.13. The lowest BCUT2D eigenvalue weighted by atomic mass is 10.3. The number of aromatic nitrogens is 5. The minimum Gasteiger partial charge on any atom is -0.467 e. The fourth-order valence-electron chi connectivity index (χ4n) is 2.88. The first-order chi connectivity index (χ1) is 13.6. The van der Waals surface area contributed by atoms with Crippen LogP contribution in [0.1, 0.15) is 26.1 Å². The van der Waals surface area contributed by atoms with Gasteiger partial charge in [0, 0.05) is 6.54 Å². The molecule has 0 unspecified atom stereocenters. The van der Waals surface area contributed by atoms with E-state index in [1.54, 1.807) is 17.1 Å². The molecule has 0 aliphatic carbocycles. The van der Waals surface area contributed by atoms with Crippen LogP contribution in [-0.2, 0) is 13.1 Å². The van der Waals surface area contributed by atoms with Crippen LogP contribution in [-0.4, -0.2) is 37.2 Å². The van der Waals surface area contributed by atoms with Crippen molar-refractivity contribution in [1.29, 1.82) is 0 Å². The molecular weight excluding hydrogens is 378 g/mol. The van der Waals surface area contributed by atoms with Gasteiger partial charge >= 0.3 is 0 Å². The summed E-state index contributed by atoms with van der Waals surface area (Å²) in [5, 5.41) is 12.2. The van der Waals surface area contributed by atoms with Crippen molar-refractivity contribution in [2.45, 2.75) is 26.9 Å². The molecule has 1 amide bonds. The Labute approximate surface area is 164 Å². The fraction of sp³-hybridized carbons (Fsp3) is 0.278. The number of carbonyl (C=O) groups excluding carboxylic acids is 1. The van der Waals surface area contributed by atoms with Crippen molar-refractivity contribution in [3.8, 4) is 0 Å². The fourth-order valence-corrected chi connectivity index (χ4v) is 3.72. The third-order valence-electron chi connectivity index (χ3n) is 4.16. The molecular formula is C18H19N7O2S. The highest BCUT2D eigenvalue weighted by Gasteiger charge is 2.14. The number of amides is 1. The number of thiazole rings is 1. The number of hydrogen-bond acceptors (Lipinski definition) is 8. The summed E-state index contributed by atoms with van der Waals surface area (Å²) < 4.78 is 7.07. The number of rotatable bonds is 7. The molecule has 2 N–H and O–H groups in total. The summed E-state index contributed by atoms with van der Waals surface area (Å²) >= 11 is 1.40. The Morgan fingerprint density at radius 2 is 2.21 bits per heavy atom. The smallest absolute Gasteiger partial charge is 0.263 e. The van der Waals surface area contributed by atoms with Gasteiger partial charge in [-0.15, -0.1) is 11.3 Å². The molecule has 0 atom stereocenters. The zero-order valence-electron chi connectivity index (χ0n) is 15.5. The predicted octanol–water partition coefficient (Wildman–Crippen LogP) is 2.53. The van der Waals surface area contributed by atoms with Crippen molar-refractivity contribution in [1.82, 2.24) is 30.0 Å². The predicted molar refractivity (Wildman–Crippen MR) is 105 cm³/mol. The SMILES string of the molecule is Cc1nc(C)c(C(=O)NCCn2ncc3c(NCc4ccco4)ncnc32)s1. The Balaban J connectivity index is 1.41. The summed E-state index contributed by atoms with van der Waals surface area (Å²) in [6, 6.07) is 3.73. The first-order valence-electron chi connectivity index (χ1n) is 8.77. The van der Waals surface area contributed by atoms with E-state index in [9.17, 15) is 4.79 Å². The lowest BCUT2D eigenvalue weighted by Gasteiger charge is -2.07. The van der Waals surface area contributed by atoms with Crippen molar-refractivity contribution in [2.24, 2.45) is 0 Å². The monoisotopic (exact) mass is 397 g/mol. The maximum atomic E-state index is 12.3. The molecule has 144 valence electrons. The van der Waals surface area contributed by atoms with Crippen molar-refractivity contribution in [3.63, 3.8) is 0 Å². The van der Waals surface area contributed by atoms with Gasteiger partial charge in [0.15, 0.2) is 5.65 Å². The number of fused-ring (bicyclic) bond motifs is 1. The molecule has 4 aromatic heterocycles. The van der Waals surface area contributed by atoms with Crippen LogP contribution in [0.4, 0.5) is 5.82 Å². The van der Waals surface area contributed by atoms with Gasteiger partial charge in [0.05, 0.1) is 41.6 Å². The normalized spacial score (nSPS) is 11.1. The van der Waals surface area contributed by atoms with Crippen LogP contribution < -0.4 is 10.6 Å². The molecule has 4 aromatic rings. The van der Waals surface area contributed by atoms with E-state index in [0.29, 0.717) is 36.0 Å². The second kappa shape index (κ2) is 7.77. The molecule has 0 radical (unpaired) electrons. The summed E-state index contributed by atoms with van der Waals surface area (Å²) in [6.45, 7) is 5.19. The van der Waals surface area contributed by atoms with Crippen LogP contribution in [0, 0.1) is 13.8 Å². The van der Waals surface area contributed by atoms with Crippen molar-refractivity contribution in [3.05, 3.63) is 52.3 Å². The minimum absolute atomic E-state index is 0.116. The van der Waals surface area contributed by atoms with Gasteiger partial charge in [-0.3, -0.25) is 4.79 Å². The first kappa shape index (κ1) is 18.1. The lowest BCUT2D eigenvalue weighted by molar-refractivity contribution is 0.0955. The zero-order valence-corrected chi connectivity index (χ0v) is 16.3. The molecule has 4 rings (SSSR count). The Hall–Kier alpha value is -3.27. The summed E-state index contributed by atoms with van der Waals surface area (Å²) in [5.74, 6) is 1.39. The molecule has 0 bridgehead atoms. The molecule has 0 aliphatic heterocycles. The number of furan rings is 1. The second-order valence-electron chi connectivity index (χ2n) is 6.16. The Morgan fingerprint density at radius 1 is 1.32 bits per heavy atom.